The maximum Gasteiger partial charge on any atom is 0.162 e. The Labute approximate surface area is 568 Å². The van der Waals surface area contributed by atoms with E-state index in [-0.39, 0.29) is 0 Å². The van der Waals surface area contributed by atoms with Crippen LogP contribution >= 0.6 is 0 Å². The van der Waals surface area contributed by atoms with Gasteiger partial charge in [-0.3, -0.25) is 0 Å². The first-order valence-electron chi connectivity index (χ1n) is 35.7. The average molecular weight is 1300 g/mol. The molecule has 0 amide bonds. The quantitative estimate of drug-likeness (QED) is 0.0343. The van der Waals surface area contributed by atoms with Gasteiger partial charge in [0.25, 0.3) is 0 Å². The molecule has 0 radical (unpaired) electrons. The molecule has 10 nitrogen and oxygen atoms in total. The highest BCUT2D eigenvalue weighted by Gasteiger charge is 2.20. The Hall–Kier alpha value is -8.90. The standard InChI is InChI=1S/C84H96F2N4O6/c1-3-5-51-93-71-45-47-75(77(85)57-71)83-87-59-67(60-88-83)63-35-41-69(42-36-63)91-53-27-19-15-11-7-9-13-17-21-29-55-95-79-49-39-65-31-23-25-33-73(65)81(79)82-74-34-26-24-32-66(74)40-50-80(82)96-56-30-22-18-14-10-8-12-16-20-28-54-92-70-43-37-64(38-44-70)68-61-89-84(90-62-68)76-48-46-72(58-78(76)86)94-52-6-4-2/h23-26,31-50,57-62H,3-22,27-30,51-56H2,1-2H3. The summed E-state index contributed by atoms with van der Waals surface area (Å²) in [5, 5.41) is 4.73. The number of ether oxygens (including phenoxy) is 6. The lowest BCUT2D eigenvalue weighted by molar-refractivity contribution is 0.301. The van der Waals surface area contributed by atoms with Crippen LogP contribution in [0.4, 0.5) is 8.78 Å². The second-order valence-electron chi connectivity index (χ2n) is 25.1. The minimum atomic E-state index is -0.397. The molecule has 12 heteroatoms. The maximum atomic E-state index is 14.9. The van der Waals surface area contributed by atoms with E-state index in [2.05, 4.69) is 107 Å². The first-order chi connectivity index (χ1) is 47.4. The van der Waals surface area contributed by atoms with Crippen LogP contribution in [0.15, 0.2) is 183 Å². The summed E-state index contributed by atoms with van der Waals surface area (Å²) in [6.07, 6.45) is 34.5. The SMILES string of the molecule is CCCCOc1ccc(-c2ncc(-c3ccc(OCCCCCCCCCCCCOc4ccc5ccccc5c4-c4c(OCCCCCCCCCCCCOc5ccc(-c6cnc(-c7ccc(OCCCC)cc7F)nc6)cc5)ccc5ccccc45)cc3)cn2)c(F)c1. The van der Waals surface area contributed by atoms with Gasteiger partial charge in [0.2, 0.25) is 0 Å². The van der Waals surface area contributed by atoms with Crippen LogP contribution in [-0.2, 0) is 0 Å². The van der Waals surface area contributed by atoms with E-state index in [0.29, 0.717) is 73.9 Å². The zero-order chi connectivity index (χ0) is 66.2. The summed E-state index contributed by atoms with van der Waals surface area (Å²) in [5.74, 6) is 4.45. The Morgan fingerprint density at radius 3 is 0.927 bits per heavy atom. The fourth-order valence-electron chi connectivity index (χ4n) is 12.2. The van der Waals surface area contributed by atoms with Crippen molar-refractivity contribution in [1.82, 2.24) is 19.9 Å². The van der Waals surface area contributed by atoms with Crippen molar-refractivity contribution >= 4 is 21.5 Å². The monoisotopic (exact) mass is 1290 g/mol. The van der Waals surface area contributed by atoms with Gasteiger partial charge in [-0.2, -0.15) is 0 Å². The number of halogens is 2. The molecule has 0 saturated carbocycles. The summed E-state index contributed by atoms with van der Waals surface area (Å²) in [7, 11) is 0. The third-order valence-electron chi connectivity index (χ3n) is 17.7. The van der Waals surface area contributed by atoms with Gasteiger partial charge in [-0.05, 0) is 132 Å². The van der Waals surface area contributed by atoms with Crippen molar-refractivity contribution in [3.05, 3.63) is 194 Å². The lowest BCUT2D eigenvalue weighted by Gasteiger charge is -2.20. The van der Waals surface area contributed by atoms with Crippen molar-refractivity contribution in [2.75, 3.05) is 39.6 Å². The van der Waals surface area contributed by atoms with Crippen LogP contribution in [-0.4, -0.2) is 59.6 Å². The van der Waals surface area contributed by atoms with Gasteiger partial charge in [-0.15, -0.1) is 0 Å². The number of aromatic nitrogens is 4. The first kappa shape index (κ1) is 69.9. The normalized spacial score (nSPS) is 11.3. The Morgan fingerprint density at radius 1 is 0.281 bits per heavy atom. The minimum absolute atomic E-state index is 0.343. The maximum absolute atomic E-state index is 14.9. The number of fused-ring (bicyclic) bond motifs is 2. The minimum Gasteiger partial charge on any atom is -0.494 e. The highest BCUT2D eigenvalue weighted by Crippen LogP contribution is 2.46. The third-order valence-corrected chi connectivity index (χ3v) is 17.7. The van der Waals surface area contributed by atoms with Crippen molar-refractivity contribution in [2.24, 2.45) is 0 Å². The predicted octanol–water partition coefficient (Wildman–Crippen LogP) is 23.3. The van der Waals surface area contributed by atoms with Crippen LogP contribution in [0.25, 0.3) is 77.7 Å². The van der Waals surface area contributed by atoms with E-state index in [1.807, 2.05) is 48.5 Å². The largest absolute Gasteiger partial charge is 0.494 e. The smallest absolute Gasteiger partial charge is 0.162 e. The van der Waals surface area contributed by atoms with E-state index in [9.17, 15) is 8.78 Å². The van der Waals surface area contributed by atoms with Crippen LogP contribution in [0, 0.1) is 11.6 Å². The summed E-state index contributed by atoms with van der Waals surface area (Å²) in [6, 6.07) is 51.7. The molecule has 96 heavy (non-hydrogen) atoms. The zero-order valence-corrected chi connectivity index (χ0v) is 56.5. The lowest BCUT2D eigenvalue weighted by Crippen LogP contribution is -2.02. The van der Waals surface area contributed by atoms with E-state index < -0.39 is 11.6 Å². The van der Waals surface area contributed by atoms with E-state index in [1.54, 1.807) is 49.1 Å². The van der Waals surface area contributed by atoms with Crippen molar-refractivity contribution in [2.45, 2.75) is 168 Å². The number of rotatable bonds is 43. The molecule has 10 aromatic rings. The molecule has 0 aliphatic heterocycles. The van der Waals surface area contributed by atoms with Crippen molar-refractivity contribution in [1.29, 1.82) is 0 Å². The summed E-state index contributed by atoms with van der Waals surface area (Å²) >= 11 is 0. The Bertz CT molecular complexity index is 3670. The molecular weight excluding hydrogens is 1200 g/mol. The van der Waals surface area contributed by atoms with Gasteiger partial charge in [-0.25, -0.2) is 28.7 Å². The first-order valence-corrected chi connectivity index (χ1v) is 35.7. The van der Waals surface area contributed by atoms with E-state index in [1.165, 1.54) is 111 Å². The number of benzene rings is 8. The summed E-state index contributed by atoms with van der Waals surface area (Å²) in [5.41, 5.74) is 6.61. The summed E-state index contributed by atoms with van der Waals surface area (Å²) in [4.78, 5) is 17.8. The molecule has 0 aliphatic carbocycles. The Balaban J connectivity index is 0.569. The van der Waals surface area contributed by atoms with Gasteiger partial charge in [-0.1, -0.05) is 214 Å². The predicted molar refractivity (Wildman–Crippen MR) is 388 cm³/mol. The molecule has 2 heterocycles. The van der Waals surface area contributed by atoms with Gasteiger partial charge in [0.05, 0.1) is 50.8 Å². The van der Waals surface area contributed by atoms with E-state index in [0.717, 1.165) is 133 Å². The van der Waals surface area contributed by atoms with Gasteiger partial charge in [0.15, 0.2) is 11.6 Å². The molecule has 502 valence electrons. The third kappa shape index (κ3) is 21.0. The molecule has 8 aromatic carbocycles. The molecule has 0 saturated heterocycles. The highest BCUT2D eigenvalue weighted by atomic mass is 19.1. The van der Waals surface area contributed by atoms with Gasteiger partial charge in [0.1, 0.15) is 46.1 Å². The van der Waals surface area contributed by atoms with Crippen LogP contribution in [0.2, 0.25) is 0 Å². The lowest BCUT2D eigenvalue weighted by atomic mass is 9.92. The van der Waals surface area contributed by atoms with Crippen LogP contribution in [0.1, 0.15) is 168 Å². The molecule has 0 aliphatic rings. The molecule has 0 N–H and O–H groups in total. The van der Waals surface area contributed by atoms with E-state index >= 15 is 0 Å². The van der Waals surface area contributed by atoms with Crippen molar-refractivity contribution < 1.29 is 37.2 Å². The molecule has 0 fully saturated rings. The summed E-state index contributed by atoms with van der Waals surface area (Å²) < 4.78 is 66.7. The van der Waals surface area contributed by atoms with Crippen LogP contribution < -0.4 is 28.4 Å². The van der Waals surface area contributed by atoms with Crippen molar-refractivity contribution in [3.63, 3.8) is 0 Å². The van der Waals surface area contributed by atoms with E-state index in [4.69, 9.17) is 28.4 Å². The summed E-state index contributed by atoms with van der Waals surface area (Å²) in [6.45, 7) is 8.08. The molecule has 0 bridgehead atoms. The number of nitrogens with zero attached hydrogens (tertiary/aromatic N) is 4. The molecule has 2 aromatic heterocycles. The van der Waals surface area contributed by atoms with Crippen LogP contribution in [0.3, 0.4) is 0 Å². The van der Waals surface area contributed by atoms with Gasteiger partial charge >= 0.3 is 0 Å². The van der Waals surface area contributed by atoms with Crippen LogP contribution in [0.5, 0.6) is 34.5 Å². The molecule has 0 spiro atoms. The highest BCUT2D eigenvalue weighted by molar-refractivity contribution is 6.09. The fourth-order valence-corrected chi connectivity index (χ4v) is 12.2. The zero-order valence-electron chi connectivity index (χ0n) is 56.5. The molecule has 0 atom stereocenters. The average Bonchev–Trinajstić information content (AvgIpc) is 0.756. The molecular formula is C84H96F2N4O6. The number of hydrogen-bond donors (Lipinski definition) is 0. The number of hydrogen-bond acceptors (Lipinski definition) is 10. The topological polar surface area (TPSA) is 107 Å². The molecule has 10 rings (SSSR count). The fraction of sp³-hybridized carbons (Fsp3) is 0.381. The second-order valence-corrected chi connectivity index (χ2v) is 25.1. The van der Waals surface area contributed by atoms with Crippen molar-refractivity contribution in [3.8, 4) is 90.7 Å². The van der Waals surface area contributed by atoms with Gasteiger partial charge < -0.3 is 28.4 Å². The molecule has 0 unspecified atom stereocenters. The number of unbranched alkanes of at least 4 members (excludes halogenated alkanes) is 20. The Kier molecular flexibility index (Phi) is 28.1. The second kappa shape index (κ2) is 38.6. The Morgan fingerprint density at radius 2 is 0.583 bits per heavy atom. The van der Waals surface area contributed by atoms with Gasteiger partial charge in [0, 0.05) is 59.2 Å².